The maximum absolute atomic E-state index is 12.2. The SMILES string of the molecule is CCCCN(CCC(=O)Nc1c(C)cccc1CC)S(C)(=O)=O. The van der Waals surface area contributed by atoms with E-state index < -0.39 is 10.0 Å². The van der Waals surface area contributed by atoms with Gasteiger partial charge in [-0.3, -0.25) is 4.79 Å². The molecule has 0 aliphatic carbocycles. The zero-order chi connectivity index (χ0) is 17.5. The molecule has 5 nitrogen and oxygen atoms in total. The number of benzene rings is 1. The van der Waals surface area contributed by atoms with Crippen molar-refractivity contribution < 1.29 is 13.2 Å². The number of hydrogen-bond acceptors (Lipinski definition) is 3. The number of anilines is 1. The fourth-order valence-electron chi connectivity index (χ4n) is 2.41. The van der Waals surface area contributed by atoms with Gasteiger partial charge in [-0.25, -0.2) is 12.7 Å². The van der Waals surface area contributed by atoms with E-state index in [-0.39, 0.29) is 18.9 Å². The van der Waals surface area contributed by atoms with E-state index in [1.165, 1.54) is 10.6 Å². The average molecular weight is 340 g/mol. The van der Waals surface area contributed by atoms with Gasteiger partial charge >= 0.3 is 0 Å². The molecule has 0 unspecified atom stereocenters. The largest absolute Gasteiger partial charge is 0.326 e. The Morgan fingerprint density at radius 2 is 1.91 bits per heavy atom. The Morgan fingerprint density at radius 1 is 1.22 bits per heavy atom. The summed E-state index contributed by atoms with van der Waals surface area (Å²) in [6, 6.07) is 5.92. The van der Waals surface area contributed by atoms with E-state index in [2.05, 4.69) is 5.32 Å². The van der Waals surface area contributed by atoms with Crippen LogP contribution in [-0.2, 0) is 21.2 Å². The normalized spacial score (nSPS) is 11.7. The number of carbonyl (C=O) groups is 1. The Labute approximate surface area is 140 Å². The highest BCUT2D eigenvalue weighted by Crippen LogP contribution is 2.21. The van der Waals surface area contributed by atoms with Gasteiger partial charge in [0.25, 0.3) is 0 Å². The Balaban J connectivity index is 2.69. The maximum Gasteiger partial charge on any atom is 0.225 e. The summed E-state index contributed by atoms with van der Waals surface area (Å²) in [4.78, 5) is 12.2. The van der Waals surface area contributed by atoms with Gasteiger partial charge in [0.05, 0.1) is 6.26 Å². The molecule has 0 atom stereocenters. The summed E-state index contributed by atoms with van der Waals surface area (Å²) in [5, 5.41) is 2.93. The van der Waals surface area contributed by atoms with E-state index in [9.17, 15) is 13.2 Å². The van der Waals surface area contributed by atoms with Crippen molar-refractivity contribution >= 4 is 21.6 Å². The van der Waals surface area contributed by atoms with Crippen molar-refractivity contribution in [2.45, 2.75) is 46.5 Å². The third kappa shape index (κ3) is 6.31. The second-order valence-electron chi connectivity index (χ2n) is 5.78. The predicted octanol–water partition coefficient (Wildman–Crippen LogP) is 2.95. The third-order valence-electron chi connectivity index (χ3n) is 3.82. The molecule has 0 aliphatic heterocycles. The average Bonchev–Trinajstić information content (AvgIpc) is 2.48. The summed E-state index contributed by atoms with van der Waals surface area (Å²) in [5.74, 6) is -0.154. The van der Waals surface area contributed by atoms with E-state index in [1.807, 2.05) is 39.0 Å². The zero-order valence-electron chi connectivity index (χ0n) is 14.6. The number of nitrogens with one attached hydrogen (secondary N) is 1. The smallest absolute Gasteiger partial charge is 0.225 e. The van der Waals surface area contributed by atoms with Crippen LogP contribution in [0.15, 0.2) is 18.2 Å². The molecule has 0 aromatic heterocycles. The van der Waals surface area contributed by atoms with Crippen molar-refractivity contribution in [2.75, 3.05) is 24.7 Å². The molecule has 130 valence electrons. The fraction of sp³-hybridized carbons (Fsp3) is 0.588. The first-order chi connectivity index (χ1) is 10.8. The summed E-state index contributed by atoms with van der Waals surface area (Å²) in [6.45, 7) is 6.70. The third-order valence-corrected chi connectivity index (χ3v) is 5.13. The van der Waals surface area contributed by atoms with E-state index >= 15 is 0 Å². The molecule has 0 spiro atoms. The Morgan fingerprint density at radius 3 is 2.48 bits per heavy atom. The van der Waals surface area contributed by atoms with Crippen LogP contribution in [0.1, 0.15) is 44.2 Å². The minimum Gasteiger partial charge on any atom is -0.326 e. The molecule has 0 fully saturated rings. The second-order valence-corrected chi connectivity index (χ2v) is 7.76. The number of unbranched alkanes of at least 4 members (excludes halogenated alkanes) is 1. The van der Waals surface area contributed by atoms with E-state index in [0.717, 1.165) is 36.1 Å². The van der Waals surface area contributed by atoms with Crippen LogP contribution in [-0.4, -0.2) is 38.0 Å². The van der Waals surface area contributed by atoms with Crippen molar-refractivity contribution in [1.29, 1.82) is 0 Å². The molecule has 6 heteroatoms. The molecule has 0 saturated carbocycles. The zero-order valence-corrected chi connectivity index (χ0v) is 15.4. The van der Waals surface area contributed by atoms with Crippen molar-refractivity contribution in [3.63, 3.8) is 0 Å². The van der Waals surface area contributed by atoms with Crippen molar-refractivity contribution in [3.05, 3.63) is 29.3 Å². The van der Waals surface area contributed by atoms with Crippen molar-refractivity contribution in [3.8, 4) is 0 Å². The number of rotatable bonds is 9. The monoisotopic (exact) mass is 340 g/mol. The topological polar surface area (TPSA) is 66.5 Å². The standard InChI is InChI=1S/C17H28N2O3S/c1-5-7-12-19(23(4,21)22)13-11-16(20)18-17-14(3)9-8-10-15(17)6-2/h8-10H,5-7,11-13H2,1-4H3,(H,18,20). The van der Waals surface area contributed by atoms with Crippen LogP contribution in [0.5, 0.6) is 0 Å². The minimum atomic E-state index is -3.27. The van der Waals surface area contributed by atoms with Gasteiger partial charge in [-0.2, -0.15) is 0 Å². The summed E-state index contributed by atoms with van der Waals surface area (Å²) in [5.41, 5.74) is 2.95. The molecule has 0 saturated heterocycles. The molecule has 1 N–H and O–H groups in total. The van der Waals surface area contributed by atoms with Gasteiger partial charge in [0, 0.05) is 25.2 Å². The lowest BCUT2D eigenvalue weighted by molar-refractivity contribution is -0.116. The van der Waals surface area contributed by atoms with Crippen molar-refractivity contribution in [2.24, 2.45) is 0 Å². The lowest BCUT2D eigenvalue weighted by Crippen LogP contribution is -2.34. The molecule has 23 heavy (non-hydrogen) atoms. The van der Waals surface area contributed by atoms with Crippen LogP contribution in [0.25, 0.3) is 0 Å². The van der Waals surface area contributed by atoms with Gasteiger partial charge < -0.3 is 5.32 Å². The van der Waals surface area contributed by atoms with Crippen LogP contribution in [0, 0.1) is 6.92 Å². The molecule has 0 radical (unpaired) electrons. The van der Waals surface area contributed by atoms with E-state index in [1.54, 1.807) is 0 Å². The van der Waals surface area contributed by atoms with Crippen LogP contribution in [0.3, 0.4) is 0 Å². The molecule has 1 amide bonds. The van der Waals surface area contributed by atoms with Gasteiger partial charge in [-0.05, 0) is 30.9 Å². The first-order valence-electron chi connectivity index (χ1n) is 8.13. The number of hydrogen-bond donors (Lipinski definition) is 1. The number of para-hydroxylation sites is 1. The first-order valence-corrected chi connectivity index (χ1v) is 9.97. The number of carbonyl (C=O) groups excluding carboxylic acids is 1. The molecular formula is C17H28N2O3S. The van der Waals surface area contributed by atoms with Gasteiger partial charge in [0.15, 0.2) is 0 Å². The van der Waals surface area contributed by atoms with E-state index in [4.69, 9.17) is 0 Å². The quantitative estimate of drug-likeness (QED) is 0.751. The van der Waals surface area contributed by atoms with E-state index in [0.29, 0.717) is 6.54 Å². The number of aryl methyl sites for hydroxylation is 2. The molecular weight excluding hydrogens is 312 g/mol. The maximum atomic E-state index is 12.2. The lowest BCUT2D eigenvalue weighted by atomic mass is 10.1. The number of amides is 1. The van der Waals surface area contributed by atoms with Crippen LogP contribution >= 0.6 is 0 Å². The highest BCUT2D eigenvalue weighted by atomic mass is 32.2. The van der Waals surface area contributed by atoms with Crippen LogP contribution in [0.4, 0.5) is 5.69 Å². The lowest BCUT2D eigenvalue weighted by Gasteiger charge is -2.20. The molecule has 0 heterocycles. The fourth-order valence-corrected chi connectivity index (χ4v) is 3.29. The molecule has 1 aromatic carbocycles. The summed E-state index contributed by atoms with van der Waals surface area (Å²) >= 11 is 0. The molecule has 0 aliphatic rings. The second kappa shape index (κ2) is 9.03. The Hall–Kier alpha value is -1.40. The van der Waals surface area contributed by atoms with Gasteiger partial charge in [0.2, 0.25) is 15.9 Å². The minimum absolute atomic E-state index is 0.154. The Bertz CT molecular complexity index is 627. The number of nitrogens with zero attached hydrogens (tertiary/aromatic N) is 1. The van der Waals surface area contributed by atoms with Gasteiger partial charge in [0.1, 0.15) is 0 Å². The number of sulfonamides is 1. The van der Waals surface area contributed by atoms with Crippen LogP contribution < -0.4 is 5.32 Å². The Kier molecular flexibility index (Phi) is 7.72. The van der Waals surface area contributed by atoms with Gasteiger partial charge in [-0.1, -0.05) is 38.5 Å². The van der Waals surface area contributed by atoms with Crippen molar-refractivity contribution in [1.82, 2.24) is 4.31 Å². The summed E-state index contributed by atoms with van der Waals surface area (Å²) in [7, 11) is -3.27. The van der Waals surface area contributed by atoms with Gasteiger partial charge in [-0.15, -0.1) is 0 Å². The highest BCUT2D eigenvalue weighted by molar-refractivity contribution is 7.88. The molecule has 0 bridgehead atoms. The summed E-state index contributed by atoms with van der Waals surface area (Å²) in [6.07, 6.45) is 3.91. The summed E-state index contributed by atoms with van der Waals surface area (Å²) < 4.78 is 24.9. The molecule has 1 aromatic rings. The highest BCUT2D eigenvalue weighted by Gasteiger charge is 2.17. The predicted molar refractivity (Wildman–Crippen MR) is 95.1 cm³/mol. The first kappa shape index (κ1) is 19.6. The molecule has 1 rings (SSSR count). The van der Waals surface area contributed by atoms with Crippen LogP contribution in [0.2, 0.25) is 0 Å².